The molecule has 0 radical (unpaired) electrons. The maximum Gasteiger partial charge on any atom is 0.0575 e. The van der Waals surface area contributed by atoms with Crippen LogP contribution in [0.1, 0.15) is 71.6 Å². The van der Waals surface area contributed by atoms with Gasteiger partial charge in [-0.3, -0.25) is 0 Å². The minimum absolute atomic E-state index is 0.571. The van der Waals surface area contributed by atoms with Gasteiger partial charge in [-0.15, -0.1) is 0 Å². The maximum atomic E-state index is 5.92. The molecule has 0 aromatic rings. The summed E-state index contributed by atoms with van der Waals surface area (Å²) >= 11 is 0. The molecule has 1 rings (SSSR count). The van der Waals surface area contributed by atoms with Crippen LogP contribution >= 0.6 is 0 Å². The van der Waals surface area contributed by atoms with Crippen molar-refractivity contribution in [2.24, 2.45) is 0 Å². The van der Waals surface area contributed by atoms with Crippen molar-refractivity contribution in [3.8, 4) is 0 Å². The Morgan fingerprint density at radius 2 is 1.94 bits per heavy atom. The van der Waals surface area contributed by atoms with Crippen molar-refractivity contribution in [3.63, 3.8) is 0 Å². The summed E-state index contributed by atoms with van der Waals surface area (Å²) in [5.41, 5.74) is 0. The second-order valence-electron chi connectivity index (χ2n) is 5.33. The van der Waals surface area contributed by atoms with Crippen molar-refractivity contribution in [3.05, 3.63) is 0 Å². The van der Waals surface area contributed by atoms with Gasteiger partial charge in [0.2, 0.25) is 0 Å². The molecule has 1 aliphatic rings. The van der Waals surface area contributed by atoms with E-state index in [-0.39, 0.29) is 0 Å². The fraction of sp³-hybridized carbons (Fsp3) is 1.00. The summed E-state index contributed by atoms with van der Waals surface area (Å²) < 4.78 is 5.92. The molecule has 1 saturated carbocycles. The van der Waals surface area contributed by atoms with E-state index in [9.17, 15) is 0 Å². The lowest BCUT2D eigenvalue weighted by Gasteiger charge is -2.22. The molecule has 0 aromatic heterocycles. The number of rotatable bonds is 9. The summed E-state index contributed by atoms with van der Waals surface area (Å²) in [6, 6.07) is 0.717. The molecule has 2 nitrogen and oxygen atoms in total. The van der Waals surface area contributed by atoms with Gasteiger partial charge in [0.15, 0.2) is 0 Å². The van der Waals surface area contributed by atoms with Gasteiger partial charge in [0, 0.05) is 12.6 Å². The van der Waals surface area contributed by atoms with E-state index in [1.165, 1.54) is 51.4 Å². The summed E-state index contributed by atoms with van der Waals surface area (Å²) in [7, 11) is 0. The van der Waals surface area contributed by atoms with Crippen LogP contribution < -0.4 is 5.32 Å². The zero-order valence-electron chi connectivity index (χ0n) is 11.8. The predicted molar refractivity (Wildman–Crippen MR) is 74.4 cm³/mol. The molecule has 1 fully saturated rings. The van der Waals surface area contributed by atoms with Gasteiger partial charge in [0.25, 0.3) is 0 Å². The SMILES string of the molecule is CCCC(CC)NCCCOC1CCCCC1. The highest BCUT2D eigenvalue weighted by atomic mass is 16.5. The second-order valence-corrected chi connectivity index (χ2v) is 5.33. The van der Waals surface area contributed by atoms with Crippen LogP contribution in [0.2, 0.25) is 0 Å². The van der Waals surface area contributed by atoms with Crippen LogP contribution in [0.15, 0.2) is 0 Å². The summed E-state index contributed by atoms with van der Waals surface area (Å²) in [6.45, 7) is 6.59. The lowest BCUT2D eigenvalue weighted by molar-refractivity contribution is 0.0270. The fourth-order valence-electron chi connectivity index (χ4n) is 2.66. The van der Waals surface area contributed by atoms with E-state index < -0.39 is 0 Å². The first kappa shape index (κ1) is 15.0. The molecule has 1 aliphatic carbocycles. The van der Waals surface area contributed by atoms with Crippen LogP contribution in [0.25, 0.3) is 0 Å². The summed E-state index contributed by atoms with van der Waals surface area (Å²) in [6.07, 6.45) is 12.3. The first-order valence-electron chi connectivity index (χ1n) is 7.71. The van der Waals surface area contributed by atoms with Crippen molar-refractivity contribution < 1.29 is 4.74 Å². The molecule has 0 saturated heterocycles. The van der Waals surface area contributed by atoms with Gasteiger partial charge in [-0.1, -0.05) is 39.5 Å². The Bertz CT molecular complexity index is 160. The van der Waals surface area contributed by atoms with Crippen LogP contribution in [0.5, 0.6) is 0 Å². The third kappa shape index (κ3) is 7.05. The third-order valence-corrected chi connectivity index (χ3v) is 3.79. The zero-order chi connectivity index (χ0) is 12.3. The lowest BCUT2D eigenvalue weighted by Crippen LogP contribution is -2.30. The van der Waals surface area contributed by atoms with E-state index in [0.29, 0.717) is 6.10 Å². The average molecular weight is 241 g/mol. The van der Waals surface area contributed by atoms with Crippen LogP contribution in [0.3, 0.4) is 0 Å². The molecule has 0 aromatic carbocycles. The number of nitrogens with one attached hydrogen (secondary N) is 1. The van der Waals surface area contributed by atoms with Gasteiger partial charge in [0.05, 0.1) is 6.10 Å². The quantitative estimate of drug-likeness (QED) is 0.618. The molecule has 1 N–H and O–H groups in total. The van der Waals surface area contributed by atoms with Crippen molar-refractivity contribution in [2.45, 2.75) is 83.8 Å². The number of ether oxygens (including phenoxy) is 1. The van der Waals surface area contributed by atoms with Crippen LogP contribution in [-0.4, -0.2) is 25.3 Å². The van der Waals surface area contributed by atoms with Crippen LogP contribution in [-0.2, 0) is 4.74 Å². The third-order valence-electron chi connectivity index (χ3n) is 3.79. The summed E-state index contributed by atoms with van der Waals surface area (Å²) in [4.78, 5) is 0. The lowest BCUT2D eigenvalue weighted by atomic mass is 9.98. The molecular formula is C15H31NO. The second kappa shape index (κ2) is 9.90. The molecule has 17 heavy (non-hydrogen) atoms. The van der Waals surface area contributed by atoms with Gasteiger partial charge in [0.1, 0.15) is 0 Å². The molecular weight excluding hydrogens is 210 g/mol. The Morgan fingerprint density at radius 3 is 2.59 bits per heavy atom. The standard InChI is InChI=1S/C15H31NO/c1-3-9-14(4-2)16-12-8-13-17-15-10-6-5-7-11-15/h14-16H,3-13H2,1-2H3. The monoisotopic (exact) mass is 241 g/mol. The van der Waals surface area contributed by atoms with E-state index >= 15 is 0 Å². The highest BCUT2D eigenvalue weighted by molar-refractivity contribution is 4.66. The largest absolute Gasteiger partial charge is 0.378 e. The van der Waals surface area contributed by atoms with Gasteiger partial charge >= 0.3 is 0 Å². The van der Waals surface area contributed by atoms with Crippen molar-refractivity contribution >= 4 is 0 Å². The maximum absolute atomic E-state index is 5.92. The van der Waals surface area contributed by atoms with Crippen LogP contribution in [0, 0.1) is 0 Å². The molecule has 0 aliphatic heterocycles. The molecule has 2 heteroatoms. The van der Waals surface area contributed by atoms with Crippen molar-refractivity contribution in [1.82, 2.24) is 5.32 Å². The highest BCUT2D eigenvalue weighted by Crippen LogP contribution is 2.20. The van der Waals surface area contributed by atoms with E-state index in [1.54, 1.807) is 0 Å². The number of hydrogen-bond donors (Lipinski definition) is 1. The smallest absolute Gasteiger partial charge is 0.0575 e. The average Bonchev–Trinajstić information content (AvgIpc) is 2.38. The Kier molecular flexibility index (Phi) is 8.72. The van der Waals surface area contributed by atoms with E-state index in [0.717, 1.165) is 25.6 Å². The number of hydrogen-bond acceptors (Lipinski definition) is 2. The summed E-state index contributed by atoms with van der Waals surface area (Å²) in [5.74, 6) is 0. The van der Waals surface area contributed by atoms with E-state index in [2.05, 4.69) is 19.2 Å². The molecule has 1 unspecified atom stereocenters. The predicted octanol–water partition coefficient (Wildman–Crippen LogP) is 3.89. The first-order chi connectivity index (χ1) is 8.36. The molecule has 0 amide bonds. The first-order valence-corrected chi connectivity index (χ1v) is 7.71. The van der Waals surface area contributed by atoms with Crippen LogP contribution in [0.4, 0.5) is 0 Å². The van der Waals surface area contributed by atoms with E-state index in [1.807, 2.05) is 0 Å². The Labute approximate surface area is 108 Å². The van der Waals surface area contributed by atoms with Gasteiger partial charge < -0.3 is 10.1 Å². The van der Waals surface area contributed by atoms with E-state index in [4.69, 9.17) is 4.74 Å². The van der Waals surface area contributed by atoms with Crippen molar-refractivity contribution in [1.29, 1.82) is 0 Å². The summed E-state index contributed by atoms with van der Waals surface area (Å²) in [5, 5.41) is 3.63. The topological polar surface area (TPSA) is 21.3 Å². The zero-order valence-corrected chi connectivity index (χ0v) is 11.8. The Hall–Kier alpha value is -0.0800. The van der Waals surface area contributed by atoms with Gasteiger partial charge in [-0.05, 0) is 38.6 Å². The molecule has 0 spiro atoms. The Balaban J connectivity index is 1.92. The fourth-order valence-corrected chi connectivity index (χ4v) is 2.66. The van der Waals surface area contributed by atoms with Crippen molar-refractivity contribution in [2.75, 3.05) is 13.2 Å². The highest BCUT2D eigenvalue weighted by Gasteiger charge is 2.13. The minimum Gasteiger partial charge on any atom is -0.378 e. The molecule has 1 atom stereocenters. The normalized spacial score (nSPS) is 19.4. The molecule has 0 heterocycles. The molecule has 0 bridgehead atoms. The molecule has 102 valence electrons. The van der Waals surface area contributed by atoms with Gasteiger partial charge in [-0.2, -0.15) is 0 Å². The Morgan fingerprint density at radius 1 is 1.18 bits per heavy atom. The van der Waals surface area contributed by atoms with Gasteiger partial charge in [-0.25, -0.2) is 0 Å². The minimum atomic E-state index is 0.571.